The fourth-order valence-corrected chi connectivity index (χ4v) is 3.87. The van der Waals surface area contributed by atoms with E-state index in [1.165, 1.54) is 24.3 Å². The summed E-state index contributed by atoms with van der Waals surface area (Å²) in [6.07, 6.45) is 0.426. The summed E-state index contributed by atoms with van der Waals surface area (Å²) in [6.45, 7) is 0.324. The van der Waals surface area contributed by atoms with Crippen LogP contribution in [0.4, 0.5) is 0 Å². The molecule has 1 heterocycles. The zero-order valence-corrected chi connectivity index (χ0v) is 18.5. The molecule has 0 radical (unpaired) electrons. The SMILES string of the molecule is CNCc1cccc(Cc2cc(-c3oc4cc(O)cc(OCCO)c4c(=O)c3O)ccc2O)c1. The zero-order chi connectivity index (χ0) is 24.2. The van der Waals surface area contributed by atoms with Crippen molar-refractivity contribution >= 4 is 11.0 Å². The summed E-state index contributed by atoms with van der Waals surface area (Å²) in [5.74, 6) is -0.857. The van der Waals surface area contributed by atoms with Crippen LogP contribution in [-0.2, 0) is 13.0 Å². The second kappa shape index (κ2) is 9.86. The van der Waals surface area contributed by atoms with Gasteiger partial charge in [0.1, 0.15) is 34.8 Å². The first-order valence-corrected chi connectivity index (χ1v) is 10.7. The summed E-state index contributed by atoms with van der Waals surface area (Å²) in [5, 5.41) is 43.2. The highest BCUT2D eigenvalue weighted by atomic mass is 16.5. The molecule has 8 nitrogen and oxygen atoms in total. The molecule has 4 aromatic rings. The van der Waals surface area contributed by atoms with Crippen molar-refractivity contribution in [2.24, 2.45) is 0 Å². The van der Waals surface area contributed by atoms with Crippen LogP contribution in [0.1, 0.15) is 16.7 Å². The van der Waals surface area contributed by atoms with Gasteiger partial charge in [-0.2, -0.15) is 0 Å². The van der Waals surface area contributed by atoms with Crippen LogP contribution in [0, 0.1) is 0 Å². The number of hydrogen-bond donors (Lipinski definition) is 5. The largest absolute Gasteiger partial charge is 0.508 e. The minimum atomic E-state index is -0.737. The summed E-state index contributed by atoms with van der Waals surface area (Å²) in [4.78, 5) is 13.0. The molecule has 0 fully saturated rings. The first-order valence-electron chi connectivity index (χ1n) is 10.7. The number of ether oxygens (including phenoxy) is 1. The first-order chi connectivity index (χ1) is 16.4. The Morgan fingerprint density at radius 1 is 1.00 bits per heavy atom. The number of aromatic hydroxyl groups is 3. The Hall–Kier alpha value is -4.01. The molecule has 0 aliphatic rings. The third-order valence-electron chi connectivity index (χ3n) is 5.38. The summed E-state index contributed by atoms with van der Waals surface area (Å²) in [5.41, 5.74) is 2.34. The molecule has 176 valence electrons. The van der Waals surface area contributed by atoms with E-state index in [1.807, 2.05) is 31.3 Å². The van der Waals surface area contributed by atoms with Crippen molar-refractivity contribution in [3.8, 4) is 34.3 Å². The van der Waals surface area contributed by atoms with Gasteiger partial charge in [0, 0.05) is 30.7 Å². The summed E-state index contributed by atoms with van der Waals surface area (Å²) in [6, 6.07) is 15.1. The lowest BCUT2D eigenvalue weighted by molar-refractivity contribution is 0.202. The van der Waals surface area contributed by atoms with Gasteiger partial charge in [-0.25, -0.2) is 0 Å². The Kier molecular flexibility index (Phi) is 6.72. The molecule has 0 amide bonds. The van der Waals surface area contributed by atoms with Crippen molar-refractivity contribution in [2.45, 2.75) is 13.0 Å². The minimum Gasteiger partial charge on any atom is -0.508 e. The molecule has 0 spiro atoms. The molecule has 5 N–H and O–H groups in total. The van der Waals surface area contributed by atoms with Crippen molar-refractivity contribution in [3.63, 3.8) is 0 Å². The molecule has 0 bridgehead atoms. The standard InChI is InChI=1S/C26H25NO7/c1-27-14-16-4-2-3-15(9-16)10-18-11-17(5-6-20(18)30)26-25(32)24(31)23-21(33-8-7-28)12-19(29)13-22(23)34-26/h2-6,9,11-13,27-30,32H,7-8,10,14H2,1H3. The van der Waals surface area contributed by atoms with Crippen LogP contribution in [0.3, 0.4) is 0 Å². The molecule has 0 aliphatic carbocycles. The number of rotatable bonds is 8. The lowest BCUT2D eigenvalue weighted by Crippen LogP contribution is -2.08. The molecule has 0 unspecified atom stereocenters. The van der Waals surface area contributed by atoms with E-state index in [0.717, 1.165) is 11.1 Å². The van der Waals surface area contributed by atoms with Gasteiger partial charge in [0.05, 0.1) is 6.61 Å². The van der Waals surface area contributed by atoms with Crippen molar-refractivity contribution < 1.29 is 29.6 Å². The van der Waals surface area contributed by atoms with Crippen LogP contribution in [0.5, 0.6) is 23.0 Å². The van der Waals surface area contributed by atoms with Crippen LogP contribution in [0.2, 0.25) is 0 Å². The first kappa shape index (κ1) is 23.2. The Balaban J connectivity index is 1.78. The molecule has 0 aliphatic heterocycles. The van der Waals surface area contributed by atoms with Crippen LogP contribution in [-0.4, -0.2) is 40.7 Å². The average molecular weight is 463 g/mol. The number of aliphatic hydroxyl groups is 1. The molecular formula is C26H25NO7. The second-order valence-corrected chi connectivity index (χ2v) is 7.87. The van der Waals surface area contributed by atoms with Gasteiger partial charge in [-0.1, -0.05) is 24.3 Å². The normalized spacial score (nSPS) is 11.1. The number of phenols is 2. The Morgan fingerprint density at radius 3 is 2.56 bits per heavy atom. The number of hydrogen-bond acceptors (Lipinski definition) is 8. The molecule has 0 saturated carbocycles. The van der Waals surface area contributed by atoms with E-state index in [4.69, 9.17) is 14.3 Å². The number of benzene rings is 3. The van der Waals surface area contributed by atoms with Gasteiger partial charge in [0.2, 0.25) is 11.2 Å². The third kappa shape index (κ3) is 4.68. The van der Waals surface area contributed by atoms with Gasteiger partial charge in [-0.15, -0.1) is 0 Å². The third-order valence-corrected chi connectivity index (χ3v) is 5.38. The van der Waals surface area contributed by atoms with E-state index in [1.54, 1.807) is 6.07 Å². The maximum Gasteiger partial charge on any atom is 0.238 e. The van der Waals surface area contributed by atoms with E-state index < -0.39 is 11.2 Å². The van der Waals surface area contributed by atoms with Gasteiger partial charge in [0.25, 0.3) is 0 Å². The van der Waals surface area contributed by atoms with E-state index in [0.29, 0.717) is 24.1 Å². The van der Waals surface area contributed by atoms with Crippen molar-refractivity contribution in [1.82, 2.24) is 5.32 Å². The molecule has 8 heteroatoms. The van der Waals surface area contributed by atoms with Crippen LogP contribution in [0.15, 0.2) is 63.8 Å². The molecule has 3 aromatic carbocycles. The van der Waals surface area contributed by atoms with E-state index in [-0.39, 0.29) is 47.2 Å². The number of aliphatic hydroxyl groups excluding tert-OH is 1. The van der Waals surface area contributed by atoms with E-state index in [9.17, 15) is 20.1 Å². The Morgan fingerprint density at radius 2 is 1.79 bits per heavy atom. The molecule has 0 atom stereocenters. The summed E-state index contributed by atoms with van der Waals surface area (Å²) < 4.78 is 11.2. The highest BCUT2D eigenvalue weighted by Gasteiger charge is 2.20. The van der Waals surface area contributed by atoms with Gasteiger partial charge in [0.15, 0.2) is 5.76 Å². The van der Waals surface area contributed by atoms with Crippen molar-refractivity contribution in [1.29, 1.82) is 0 Å². The molecular weight excluding hydrogens is 438 g/mol. The fraction of sp³-hybridized carbons (Fsp3) is 0.192. The summed E-state index contributed by atoms with van der Waals surface area (Å²) in [7, 11) is 1.87. The second-order valence-electron chi connectivity index (χ2n) is 7.87. The molecule has 4 rings (SSSR count). The lowest BCUT2D eigenvalue weighted by Gasteiger charge is -2.12. The van der Waals surface area contributed by atoms with Crippen LogP contribution in [0.25, 0.3) is 22.3 Å². The number of fused-ring (bicyclic) bond motifs is 1. The van der Waals surface area contributed by atoms with Crippen molar-refractivity contribution in [2.75, 3.05) is 20.3 Å². The van der Waals surface area contributed by atoms with Crippen LogP contribution < -0.4 is 15.5 Å². The monoisotopic (exact) mass is 463 g/mol. The van der Waals surface area contributed by atoms with Crippen LogP contribution >= 0.6 is 0 Å². The van der Waals surface area contributed by atoms with E-state index in [2.05, 4.69) is 5.32 Å². The topological polar surface area (TPSA) is 132 Å². The molecule has 1 aromatic heterocycles. The van der Waals surface area contributed by atoms with Gasteiger partial charge < -0.3 is 34.9 Å². The Bertz CT molecular complexity index is 1390. The van der Waals surface area contributed by atoms with Gasteiger partial charge in [-0.3, -0.25) is 4.79 Å². The Labute approximate surface area is 195 Å². The minimum absolute atomic E-state index is 0.00695. The fourth-order valence-electron chi connectivity index (χ4n) is 3.87. The molecule has 0 saturated heterocycles. The molecule has 34 heavy (non-hydrogen) atoms. The van der Waals surface area contributed by atoms with Gasteiger partial charge >= 0.3 is 0 Å². The van der Waals surface area contributed by atoms with Crippen molar-refractivity contribution in [3.05, 3.63) is 81.5 Å². The quantitative estimate of drug-likeness (QED) is 0.269. The zero-order valence-electron chi connectivity index (χ0n) is 18.5. The number of phenolic OH excluding ortho intramolecular Hbond substituents is 2. The maximum absolute atomic E-state index is 13.0. The summed E-state index contributed by atoms with van der Waals surface area (Å²) >= 11 is 0. The highest BCUT2D eigenvalue weighted by Crippen LogP contribution is 2.37. The lowest BCUT2D eigenvalue weighted by atomic mass is 9.99. The smallest absolute Gasteiger partial charge is 0.238 e. The predicted molar refractivity (Wildman–Crippen MR) is 128 cm³/mol. The highest BCUT2D eigenvalue weighted by molar-refractivity contribution is 5.88. The van der Waals surface area contributed by atoms with Gasteiger partial charge in [-0.05, 0) is 41.9 Å². The average Bonchev–Trinajstić information content (AvgIpc) is 2.81. The maximum atomic E-state index is 13.0. The predicted octanol–water partition coefficient (Wildman–Crippen LogP) is 3.26. The van der Waals surface area contributed by atoms with E-state index >= 15 is 0 Å². The number of nitrogens with one attached hydrogen (secondary N) is 1.